The van der Waals surface area contributed by atoms with Crippen LogP contribution in [0, 0.1) is 11.8 Å². The Balaban J connectivity index is 1.31. The molecule has 3 atom stereocenters. The molecule has 2 aromatic rings. The molecule has 2 fully saturated rings. The number of nitrogens with zero attached hydrogens (tertiary/aromatic N) is 1. The lowest BCUT2D eigenvalue weighted by molar-refractivity contribution is -0.122. The van der Waals surface area contributed by atoms with Crippen molar-refractivity contribution in [1.82, 2.24) is 0 Å². The summed E-state index contributed by atoms with van der Waals surface area (Å²) in [5.74, 6) is -0.956. The number of hydrogen-bond acceptors (Lipinski definition) is 4. The van der Waals surface area contributed by atoms with Gasteiger partial charge < -0.3 is 4.74 Å². The van der Waals surface area contributed by atoms with E-state index in [0.29, 0.717) is 36.6 Å². The minimum Gasteiger partial charge on any atom is -0.462 e. The third-order valence-electron chi connectivity index (χ3n) is 7.77. The van der Waals surface area contributed by atoms with Gasteiger partial charge in [0.1, 0.15) is 0 Å². The minimum absolute atomic E-state index is 0.138. The molecule has 5 nitrogen and oxygen atoms in total. The van der Waals surface area contributed by atoms with E-state index in [-0.39, 0.29) is 23.7 Å². The summed E-state index contributed by atoms with van der Waals surface area (Å²) in [5.41, 5.74) is 2.08. The summed E-state index contributed by atoms with van der Waals surface area (Å²) in [6.45, 7) is 2.61. The number of fused-ring (bicyclic) bond motifs is 1. The van der Waals surface area contributed by atoms with Crippen LogP contribution in [0.5, 0.6) is 0 Å². The summed E-state index contributed by atoms with van der Waals surface area (Å²) < 4.78 is 5.47. The van der Waals surface area contributed by atoms with Crippen LogP contribution in [0.4, 0.5) is 5.69 Å². The van der Waals surface area contributed by atoms with Crippen LogP contribution in [-0.4, -0.2) is 24.4 Å². The predicted molar refractivity (Wildman–Crippen MR) is 142 cm³/mol. The zero-order valence-electron chi connectivity index (χ0n) is 21.5. The monoisotopic (exact) mass is 489 g/mol. The van der Waals surface area contributed by atoms with Crippen LogP contribution in [0.2, 0.25) is 0 Å². The van der Waals surface area contributed by atoms with Crippen LogP contribution in [-0.2, 0) is 14.3 Å². The van der Waals surface area contributed by atoms with Gasteiger partial charge in [-0.05, 0) is 55.4 Å². The fourth-order valence-electron chi connectivity index (χ4n) is 5.72. The highest BCUT2D eigenvalue weighted by Gasteiger charge is 2.50. The highest BCUT2D eigenvalue weighted by molar-refractivity contribution is 6.22. The Kier molecular flexibility index (Phi) is 9.32. The molecule has 0 N–H and O–H groups in total. The van der Waals surface area contributed by atoms with Crippen molar-refractivity contribution in [3.63, 3.8) is 0 Å². The quantitative estimate of drug-likeness (QED) is 0.182. The molecule has 0 unspecified atom stereocenters. The fourth-order valence-corrected chi connectivity index (χ4v) is 5.72. The lowest BCUT2D eigenvalue weighted by Crippen LogP contribution is -2.31. The van der Waals surface area contributed by atoms with Crippen molar-refractivity contribution >= 4 is 23.5 Å². The molecule has 1 aliphatic carbocycles. The third-order valence-corrected chi connectivity index (χ3v) is 7.77. The second kappa shape index (κ2) is 12.8. The molecule has 1 saturated heterocycles. The van der Waals surface area contributed by atoms with E-state index in [4.69, 9.17) is 4.74 Å². The Morgan fingerprint density at radius 1 is 0.833 bits per heavy atom. The molecule has 2 amide bonds. The first-order chi connectivity index (χ1) is 17.6. The van der Waals surface area contributed by atoms with Gasteiger partial charge in [-0.2, -0.15) is 0 Å². The Labute approximate surface area is 215 Å². The summed E-state index contributed by atoms with van der Waals surface area (Å²) in [7, 11) is 0. The summed E-state index contributed by atoms with van der Waals surface area (Å²) >= 11 is 0. The lowest BCUT2D eigenvalue weighted by atomic mass is 9.73. The molecule has 192 valence electrons. The van der Waals surface area contributed by atoms with Gasteiger partial charge in [-0.25, -0.2) is 4.79 Å². The molecule has 1 aliphatic heterocycles. The minimum atomic E-state index is -0.402. The van der Waals surface area contributed by atoms with Crippen LogP contribution in [0.3, 0.4) is 0 Å². The maximum atomic E-state index is 13.4. The van der Waals surface area contributed by atoms with Gasteiger partial charge in [-0.15, -0.1) is 0 Å². The summed E-state index contributed by atoms with van der Waals surface area (Å²) in [6, 6.07) is 17.0. The number of amides is 2. The van der Waals surface area contributed by atoms with Gasteiger partial charge in [0.15, 0.2) is 0 Å². The topological polar surface area (TPSA) is 63.7 Å². The van der Waals surface area contributed by atoms with Crippen molar-refractivity contribution in [3.05, 3.63) is 65.7 Å². The van der Waals surface area contributed by atoms with E-state index in [2.05, 4.69) is 19.1 Å². The normalized spacial score (nSPS) is 21.5. The number of anilines is 1. The van der Waals surface area contributed by atoms with E-state index in [1.54, 1.807) is 24.3 Å². The van der Waals surface area contributed by atoms with E-state index in [9.17, 15) is 14.4 Å². The second-order valence-electron chi connectivity index (χ2n) is 10.3. The maximum Gasteiger partial charge on any atom is 0.338 e. The zero-order chi connectivity index (χ0) is 25.3. The molecular formula is C31H39NO4. The van der Waals surface area contributed by atoms with E-state index in [0.717, 1.165) is 19.3 Å². The van der Waals surface area contributed by atoms with E-state index < -0.39 is 5.97 Å². The molecule has 36 heavy (non-hydrogen) atoms. The van der Waals surface area contributed by atoms with E-state index >= 15 is 0 Å². The van der Waals surface area contributed by atoms with Crippen molar-refractivity contribution in [2.45, 2.75) is 83.5 Å². The third kappa shape index (κ3) is 6.24. The van der Waals surface area contributed by atoms with E-state index in [1.807, 2.05) is 18.2 Å². The first-order valence-corrected chi connectivity index (χ1v) is 13.8. The van der Waals surface area contributed by atoms with E-state index in [1.165, 1.54) is 49.0 Å². The van der Waals surface area contributed by atoms with Gasteiger partial charge in [-0.3, -0.25) is 14.5 Å². The zero-order valence-corrected chi connectivity index (χ0v) is 21.5. The van der Waals surface area contributed by atoms with Crippen LogP contribution in [0.25, 0.3) is 0 Å². The Morgan fingerprint density at radius 2 is 1.53 bits per heavy atom. The predicted octanol–water partition coefficient (Wildman–Crippen LogP) is 7.06. The molecule has 1 heterocycles. The van der Waals surface area contributed by atoms with Crippen molar-refractivity contribution in [1.29, 1.82) is 0 Å². The van der Waals surface area contributed by atoms with Gasteiger partial charge in [0, 0.05) is 0 Å². The van der Waals surface area contributed by atoms with Crippen molar-refractivity contribution in [2.24, 2.45) is 11.8 Å². The molecule has 0 aromatic heterocycles. The number of carbonyl (C=O) groups excluding carboxylic acids is 3. The number of esters is 1. The second-order valence-corrected chi connectivity index (χ2v) is 10.3. The Morgan fingerprint density at radius 3 is 2.28 bits per heavy atom. The van der Waals surface area contributed by atoms with Gasteiger partial charge in [-0.1, -0.05) is 88.3 Å². The lowest BCUT2D eigenvalue weighted by Gasteiger charge is -2.28. The summed E-state index contributed by atoms with van der Waals surface area (Å²) in [5, 5.41) is 0. The number of rotatable bonds is 12. The summed E-state index contributed by atoms with van der Waals surface area (Å²) in [4.78, 5) is 40.5. The number of hydrogen-bond donors (Lipinski definition) is 0. The first kappa shape index (κ1) is 26.1. The number of carbonyl (C=O) groups is 3. The molecular weight excluding hydrogens is 450 g/mol. The van der Waals surface area contributed by atoms with Gasteiger partial charge in [0.2, 0.25) is 11.8 Å². The molecule has 0 spiro atoms. The number of unbranched alkanes of at least 4 members (excludes halogenated alkanes) is 7. The molecule has 2 aliphatic rings. The largest absolute Gasteiger partial charge is 0.462 e. The van der Waals surface area contributed by atoms with Gasteiger partial charge in [0.05, 0.1) is 29.7 Å². The van der Waals surface area contributed by atoms with Crippen molar-refractivity contribution < 1.29 is 19.1 Å². The molecule has 1 saturated carbocycles. The van der Waals surface area contributed by atoms with Crippen LogP contribution in [0.1, 0.15) is 99.4 Å². The van der Waals surface area contributed by atoms with Crippen molar-refractivity contribution in [3.8, 4) is 0 Å². The maximum absolute atomic E-state index is 13.4. The molecule has 4 rings (SSSR count). The smallest absolute Gasteiger partial charge is 0.338 e. The Bertz CT molecular complexity index is 1030. The highest BCUT2D eigenvalue weighted by Crippen LogP contribution is 2.45. The fraction of sp³-hybridized carbons (Fsp3) is 0.516. The highest BCUT2D eigenvalue weighted by atomic mass is 16.5. The number of ether oxygens (including phenoxy) is 1. The SMILES string of the molecule is CCCCCCCCCCOC(=O)c1cccc(N2C(=O)[C@@H]3CC[C@H](c4ccccc4)C[C@H]3C2=O)c1. The number of benzene rings is 2. The van der Waals surface area contributed by atoms with Crippen LogP contribution >= 0.6 is 0 Å². The average molecular weight is 490 g/mol. The molecule has 0 radical (unpaired) electrons. The summed E-state index contributed by atoms with van der Waals surface area (Å²) in [6.07, 6.45) is 11.8. The van der Waals surface area contributed by atoms with Crippen LogP contribution < -0.4 is 4.90 Å². The van der Waals surface area contributed by atoms with Crippen molar-refractivity contribution in [2.75, 3.05) is 11.5 Å². The van der Waals surface area contributed by atoms with Crippen LogP contribution in [0.15, 0.2) is 54.6 Å². The molecule has 5 heteroatoms. The molecule has 0 bridgehead atoms. The van der Waals surface area contributed by atoms with Gasteiger partial charge in [0.25, 0.3) is 0 Å². The Hall–Kier alpha value is -2.95. The molecule has 2 aromatic carbocycles. The van der Waals surface area contributed by atoms with Gasteiger partial charge >= 0.3 is 5.97 Å². The average Bonchev–Trinajstić information content (AvgIpc) is 3.17. The number of imide groups is 1. The first-order valence-electron chi connectivity index (χ1n) is 13.8. The standard InChI is InChI=1S/C31H39NO4/c1-2-3-4-5-6-7-8-12-20-36-31(35)25-16-13-17-26(21-25)32-29(33)27-19-18-24(22-28(27)30(32)34)23-14-10-9-11-15-23/h9-11,13-17,21,24,27-28H,2-8,12,18-20,22H2,1H3/t24-,27+,28+/m0/s1.